The summed E-state index contributed by atoms with van der Waals surface area (Å²) in [7, 11) is 1.54. The molecule has 0 aliphatic carbocycles. The third-order valence-corrected chi connectivity index (χ3v) is 3.47. The maximum absolute atomic E-state index is 11.6. The molecule has 0 unspecified atom stereocenters. The van der Waals surface area contributed by atoms with E-state index in [1.807, 2.05) is 13.0 Å². The van der Waals surface area contributed by atoms with Gasteiger partial charge in [-0.2, -0.15) is 0 Å². The van der Waals surface area contributed by atoms with Gasteiger partial charge in [-0.05, 0) is 31.2 Å². The summed E-state index contributed by atoms with van der Waals surface area (Å²) in [5.74, 6) is 1.19. The quantitative estimate of drug-likeness (QED) is 0.511. The van der Waals surface area contributed by atoms with Crippen molar-refractivity contribution in [1.82, 2.24) is 15.0 Å². The summed E-state index contributed by atoms with van der Waals surface area (Å²) in [6, 6.07) is 12.3. The lowest BCUT2D eigenvalue weighted by molar-refractivity contribution is -0.383. The molecule has 3 aromatic rings. The summed E-state index contributed by atoms with van der Waals surface area (Å²) in [5, 5.41) is 17.4. The van der Waals surface area contributed by atoms with E-state index < -0.39 is 4.92 Å². The number of nitro groups is 1. The van der Waals surface area contributed by atoms with Crippen LogP contribution in [0, 0.1) is 17.0 Å². The van der Waals surface area contributed by atoms with E-state index in [0.29, 0.717) is 17.3 Å². The molecule has 2 N–H and O–H groups in total. The van der Waals surface area contributed by atoms with Gasteiger partial charge < -0.3 is 15.4 Å². The van der Waals surface area contributed by atoms with Gasteiger partial charge in [0.05, 0.1) is 12.0 Å². The summed E-state index contributed by atoms with van der Waals surface area (Å²) in [5.41, 5.74) is 1.10. The molecule has 2 aromatic heterocycles. The normalized spacial score (nSPS) is 10.2. The Balaban J connectivity index is 1.96. The lowest BCUT2D eigenvalue weighted by Crippen LogP contribution is -2.06. The number of methoxy groups -OCH3 is 1. The van der Waals surface area contributed by atoms with Crippen molar-refractivity contribution in [3.8, 4) is 5.75 Å². The van der Waals surface area contributed by atoms with Crippen molar-refractivity contribution in [2.75, 3.05) is 17.7 Å². The van der Waals surface area contributed by atoms with Gasteiger partial charge in [-0.25, -0.2) is 15.0 Å². The molecule has 0 amide bonds. The SMILES string of the molecule is COc1cccc(Nc2ncnc(Nc3cccc(C)n3)c2[N+](=O)[O-])c1. The van der Waals surface area contributed by atoms with Crippen molar-refractivity contribution in [3.05, 3.63) is 64.6 Å². The minimum absolute atomic E-state index is 0.0495. The van der Waals surface area contributed by atoms with Crippen LogP contribution in [-0.4, -0.2) is 27.0 Å². The molecule has 0 saturated heterocycles. The van der Waals surface area contributed by atoms with Gasteiger partial charge in [-0.1, -0.05) is 12.1 Å². The lowest BCUT2D eigenvalue weighted by Gasteiger charge is -2.10. The van der Waals surface area contributed by atoms with Crippen LogP contribution in [0.5, 0.6) is 5.75 Å². The molecule has 0 saturated carbocycles. The van der Waals surface area contributed by atoms with Gasteiger partial charge in [-0.3, -0.25) is 10.1 Å². The van der Waals surface area contributed by atoms with Crippen molar-refractivity contribution in [1.29, 1.82) is 0 Å². The molecule has 9 nitrogen and oxygen atoms in total. The number of anilines is 4. The first-order valence-electron chi connectivity index (χ1n) is 7.68. The third-order valence-electron chi connectivity index (χ3n) is 3.47. The molecule has 9 heteroatoms. The maximum Gasteiger partial charge on any atom is 0.353 e. The Kier molecular flexibility index (Phi) is 4.88. The number of pyridine rings is 1. The van der Waals surface area contributed by atoms with E-state index in [9.17, 15) is 10.1 Å². The van der Waals surface area contributed by atoms with E-state index in [1.54, 1.807) is 43.5 Å². The molecule has 26 heavy (non-hydrogen) atoms. The van der Waals surface area contributed by atoms with Crippen LogP contribution in [0.3, 0.4) is 0 Å². The van der Waals surface area contributed by atoms with Gasteiger partial charge in [0.1, 0.15) is 17.9 Å². The number of nitrogens with zero attached hydrogens (tertiary/aromatic N) is 4. The predicted molar refractivity (Wildman–Crippen MR) is 97.2 cm³/mol. The van der Waals surface area contributed by atoms with Gasteiger partial charge >= 0.3 is 5.69 Å². The monoisotopic (exact) mass is 352 g/mol. The summed E-state index contributed by atoms with van der Waals surface area (Å²) >= 11 is 0. The topological polar surface area (TPSA) is 115 Å². The highest BCUT2D eigenvalue weighted by Gasteiger charge is 2.23. The number of hydrogen-bond donors (Lipinski definition) is 2. The number of ether oxygens (including phenoxy) is 1. The van der Waals surface area contributed by atoms with E-state index in [2.05, 4.69) is 25.6 Å². The first-order valence-corrected chi connectivity index (χ1v) is 7.68. The minimum Gasteiger partial charge on any atom is -0.497 e. The Hall–Kier alpha value is -3.75. The zero-order chi connectivity index (χ0) is 18.5. The van der Waals surface area contributed by atoms with Crippen molar-refractivity contribution in [2.24, 2.45) is 0 Å². The molecule has 132 valence electrons. The summed E-state index contributed by atoms with van der Waals surface area (Å²) in [6.07, 6.45) is 1.24. The largest absolute Gasteiger partial charge is 0.497 e. The Morgan fingerprint density at radius 3 is 2.50 bits per heavy atom. The number of nitrogens with one attached hydrogen (secondary N) is 2. The molecule has 0 spiro atoms. The Bertz CT molecular complexity index is 947. The lowest BCUT2D eigenvalue weighted by atomic mass is 10.3. The van der Waals surface area contributed by atoms with Crippen molar-refractivity contribution < 1.29 is 9.66 Å². The summed E-state index contributed by atoms with van der Waals surface area (Å²) in [4.78, 5) is 23.3. The second kappa shape index (κ2) is 7.43. The van der Waals surface area contributed by atoms with Gasteiger partial charge in [0.2, 0.25) is 11.6 Å². The maximum atomic E-state index is 11.6. The van der Waals surface area contributed by atoms with Crippen LogP contribution in [-0.2, 0) is 0 Å². The molecular weight excluding hydrogens is 336 g/mol. The second-order valence-corrected chi connectivity index (χ2v) is 5.32. The molecule has 3 rings (SSSR count). The first-order chi connectivity index (χ1) is 12.6. The molecule has 0 aliphatic rings. The molecule has 0 radical (unpaired) electrons. The van der Waals surface area contributed by atoms with Crippen LogP contribution in [0.2, 0.25) is 0 Å². The molecule has 0 fully saturated rings. The van der Waals surface area contributed by atoms with E-state index in [1.165, 1.54) is 6.33 Å². The highest BCUT2D eigenvalue weighted by atomic mass is 16.6. The Labute approximate surface area is 149 Å². The van der Waals surface area contributed by atoms with Crippen molar-refractivity contribution in [2.45, 2.75) is 6.92 Å². The third kappa shape index (κ3) is 3.83. The number of rotatable bonds is 6. The van der Waals surface area contributed by atoms with Crippen LogP contribution in [0.1, 0.15) is 5.69 Å². The van der Waals surface area contributed by atoms with Gasteiger partial charge in [0, 0.05) is 17.4 Å². The fraction of sp³-hybridized carbons (Fsp3) is 0.118. The van der Waals surface area contributed by atoms with Crippen LogP contribution < -0.4 is 15.4 Å². The molecule has 0 bridgehead atoms. The minimum atomic E-state index is -0.541. The molecular formula is C17H16N6O3. The van der Waals surface area contributed by atoms with Crippen molar-refractivity contribution in [3.63, 3.8) is 0 Å². The molecule has 1 aromatic carbocycles. The van der Waals surface area contributed by atoms with Crippen LogP contribution in [0.15, 0.2) is 48.8 Å². The number of benzene rings is 1. The summed E-state index contributed by atoms with van der Waals surface area (Å²) in [6.45, 7) is 1.83. The highest BCUT2D eigenvalue weighted by molar-refractivity contribution is 5.76. The zero-order valence-corrected chi connectivity index (χ0v) is 14.1. The van der Waals surface area contributed by atoms with E-state index in [-0.39, 0.29) is 17.3 Å². The van der Waals surface area contributed by atoms with Crippen LogP contribution >= 0.6 is 0 Å². The average Bonchev–Trinajstić information content (AvgIpc) is 2.62. The molecule has 2 heterocycles. The number of hydrogen-bond acceptors (Lipinski definition) is 8. The van der Waals surface area contributed by atoms with Crippen molar-refractivity contribution >= 4 is 28.8 Å². The van der Waals surface area contributed by atoms with E-state index in [4.69, 9.17) is 4.74 Å². The molecule has 0 atom stereocenters. The zero-order valence-electron chi connectivity index (χ0n) is 14.1. The van der Waals surface area contributed by atoms with Gasteiger partial charge in [-0.15, -0.1) is 0 Å². The number of aromatic nitrogens is 3. The van der Waals surface area contributed by atoms with Gasteiger partial charge in [0.15, 0.2) is 0 Å². The smallest absolute Gasteiger partial charge is 0.353 e. The Morgan fingerprint density at radius 1 is 1.08 bits per heavy atom. The molecule has 0 aliphatic heterocycles. The summed E-state index contributed by atoms with van der Waals surface area (Å²) < 4.78 is 5.16. The van der Waals surface area contributed by atoms with Crippen LogP contribution in [0.4, 0.5) is 28.8 Å². The van der Waals surface area contributed by atoms with Gasteiger partial charge in [0.25, 0.3) is 0 Å². The number of aryl methyl sites for hydroxylation is 1. The highest BCUT2D eigenvalue weighted by Crippen LogP contribution is 2.33. The predicted octanol–water partition coefficient (Wildman–Crippen LogP) is 3.58. The fourth-order valence-electron chi connectivity index (χ4n) is 2.31. The first kappa shape index (κ1) is 17.1. The standard InChI is InChI=1S/C17H16N6O3/c1-11-5-3-8-14(20-11)22-17-15(23(24)25)16(18-10-19-17)21-12-6-4-7-13(9-12)26-2/h3-10H,1-2H3,(H2,18,19,20,21,22). The van der Waals surface area contributed by atoms with E-state index >= 15 is 0 Å². The average molecular weight is 352 g/mol. The van der Waals surface area contributed by atoms with Crippen LogP contribution in [0.25, 0.3) is 0 Å². The van der Waals surface area contributed by atoms with E-state index in [0.717, 1.165) is 5.69 Å². The fourth-order valence-corrected chi connectivity index (χ4v) is 2.31. The second-order valence-electron chi connectivity index (χ2n) is 5.32. The Morgan fingerprint density at radius 2 is 1.81 bits per heavy atom.